The van der Waals surface area contributed by atoms with Crippen LogP contribution in [0.4, 0.5) is 11.6 Å². The first-order valence-electron chi connectivity index (χ1n) is 14.7. The van der Waals surface area contributed by atoms with Crippen LogP contribution >= 0.6 is 23.2 Å². The molecule has 0 saturated carbocycles. The molecule has 0 N–H and O–H groups in total. The number of hydrogen-bond acceptors (Lipinski definition) is 10. The van der Waals surface area contributed by atoms with Gasteiger partial charge in [-0.25, -0.2) is 9.97 Å². The van der Waals surface area contributed by atoms with Crippen LogP contribution in [0.15, 0.2) is 48.5 Å². The van der Waals surface area contributed by atoms with Crippen molar-refractivity contribution in [2.24, 2.45) is 0 Å². The van der Waals surface area contributed by atoms with Crippen LogP contribution in [0, 0.1) is 0 Å². The molecule has 12 heteroatoms. The summed E-state index contributed by atoms with van der Waals surface area (Å²) in [5, 5.41) is 2.95. The van der Waals surface area contributed by atoms with Gasteiger partial charge in [-0.05, 0) is 48.5 Å². The average molecular weight is 646 g/mol. The molecular weight excluding hydrogens is 607 g/mol. The van der Waals surface area contributed by atoms with E-state index >= 15 is 0 Å². The van der Waals surface area contributed by atoms with E-state index in [1.165, 1.54) is 0 Å². The van der Waals surface area contributed by atoms with E-state index in [4.69, 9.17) is 61.6 Å². The van der Waals surface area contributed by atoms with Crippen LogP contribution in [0.25, 0.3) is 21.8 Å². The molecule has 44 heavy (non-hydrogen) atoms. The maximum atomic E-state index is 6.41. The Kier molecular flexibility index (Phi) is 11.9. The second kappa shape index (κ2) is 16.3. The Morgan fingerprint density at radius 1 is 0.523 bits per heavy atom. The minimum Gasteiger partial charge on any atom is -0.494 e. The van der Waals surface area contributed by atoms with Crippen LogP contribution in [0.3, 0.4) is 0 Å². The number of aromatic nitrogens is 2. The molecule has 2 aromatic carbocycles. The maximum absolute atomic E-state index is 6.41. The van der Waals surface area contributed by atoms with Crippen LogP contribution in [-0.2, 0) is 18.9 Å². The van der Waals surface area contributed by atoms with Crippen molar-refractivity contribution >= 4 is 56.6 Å². The Morgan fingerprint density at radius 3 is 1.23 bits per heavy atom. The predicted molar refractivity (Wildman–Crippen MR) is 174 cm³/mol. The van der Waals surface area contributed by atoms with Crippen molar-refractivity contribution in [1.29, 1.82) is 0 Å². The Morgan fingerprint density at radius 2 is 0.886 bits per heavy atom. The number of ether oxygens (including phenoxy) is 6. The van der Waals surface area contributed by atoms with E-state index in [1.807, 2.05) is 48.5 Å². The lowest BCUT2D eigenvalue weighted by Gasteiger charge is -2.25. The fourth-order valence-electron chi connectivity index (χ4n) is 5.00. The molecule has 0 aliphatic carbocycles. The van der Waals surface area contributed by atoms with E-state index in [0.717, 1.165) is 33.4 Å². The van der Waals surface area contributed by atoms with Crippen LogP contribution in [0.5, 0.6) is 11.5 Å². The number of nitrogens with zero attached hydrogens (tertiary/aromatic N) is 4. The molecule has 3 heterocycles. The van der Waals surface area contributed by atoms with Gasteiger partial charge in [0.15, 0.2) is 0 Å². The first-order valence-corrected chi connectivity index (χ1v) is 15.4. The number of halogens is 2. The molecular formula is C32H38Cl2N4O6. The summed E-state index contributed by atoms with van der Waals surface area (Å²) in [6.07, 6.45) is 0. The van der Waals surface area contributed by atoms with Gasteiger partial charge in [-0.15, -0.1) is 0 Å². The number of anilines is 2. The minimum atomic E-state index is 0.478. The SMILES string of the molecule is COc1ccc(Cl)c2ccc(N3CCOCCOCCN(c4ccc5c(Cl)ccc(OC)c5n4)CCOCCOCC3)nc12. The molecule has 0 unspecified atom stereocenters. The van der Waals surface area contributed by atoms with Crippen LogP contribution < -0.4 is 19.3 Å². The number of pyridine rings is 2. The summed E-state index contributed by atoms with van der Waals surface area (Å²) in [6.45, 7) is 6.49. The van der Waals surface area contributed by atoms with Gasteiger partial charge in [0.25, 0.3) is 0 Å². The van der Waals surface area contributed by atoms with E-state index in [1.54, 1.807) is 14.2 Å². The first kappa shape index (κ1) is 32.3. The van der Waals surface area contributed by atoms with Gasteiger partial charge in [-0.2, -0.15) is 0 Å². The molecule has 0 radical (unpaired) electrons. The summed E-state index contributed by atoms with van der Waals surface area (Å²) in [5.41, 5.74) is 1.44. The number of methoxy groups -OCH3 is 2. The lowest BCUT2D eigenvalue weighted by atomic mass is 10.2. The Labute approximate surface area is 267 Å². The van der Waals surface area contributed by atoms with Crippen molar-refractivity contribution in [2.45, 2.75) is 0 Å². The third-order valence-corrected chi connectivity index (χ3v) is 8.02. The zero-order valence-electron chi connectivity index (χ0n) is 25.1. The fraction of sp³-hybridized carbons (Fsp3) is 0.438. The van der Waals surface area contributed by atoms with E-state index in [0.29, 0.717) is 101 Å². The minimum absolute atomic E-state index is 0.478. The van der Waals surface area contributed by atoms with Gasteiger partial charge in [0.2, 0.25) is 0 Å². The highest BCUT2D eigenvalue weighted by Crippen LogP contribution is 2.33. The van der Waals surface area contributed by atoms with E-state index in [9.17, 15) is 0 Å². The van der Waals surface area contributed by atoms with Crippen molar-refractivity contribution in [1.82, 2.24) is 9.97 Å². The maximum Gasteiger partial charge on any atom is 0.145 e. The van der Waals surface area contributed by atoms with Gasteiger partial charge in [-0.1, -0.05) is 23.2 Å². The largest absolute Gasteiger partial charge is 0.494 e. The lowest BCUT2D eigenvalue weighted by Crippen LogP contribution is -2.33. The standard InChI is InChI=1S/C32H38Cl2N4O6/c1-39-27-7-5-25(33)23-3-9-29(35-31(23)27)37-11-15-41-19-21-43-17-13-38(14-18-44-22-20-42-16-12-37)30-10-4-24-26(34)6-8-28(40-2)32(24)36-30/h3-10H,11-22H2,1-2H3. The molecule has 0 amide bonds. The van der Waals surface area contributed by atoms with Crippen molar-refractivity contribution in [3.8, 4) is 11.5 Å². The quantitative estimate of drug-likeness (QED) is 0.284. The number of hydrogen-bond donors (Lipinski definition) is 0. The normalized spacial score (nSPS) is 16.9. The topological polar surface area (TPSA) is 87.6 Å². The van der Waals surface area contributed by atoms with Gasteiger partial charge < -0.3 is 38.2 Å². The van der Waals surface area contributed by atoms with Gasteiger partial charge in [0.05, 0.1) is 77.1 Å². The molecule has 1 saturated heterocycles. The van der Waals surface area contributed by atoms with E-state index in [2.05, 4.69) is 9.80 Å². The lowest BCUT2D eigenvalue weighted by molar-refractivity contribution is 0.0435. The smallest absolute Gasteiger partial charge is 0.145 e. The molecule has 0 spiro atoms. The molecule has 1 fully saturated rings. The molecule has 4 aromatic rings. The predicted octanol–water partition coefficient (Wildman–Crippen LogP) is 5.50. The zero-order valence-corrected chi connectivity index (χ0v) is 26.6. The van der Waals surface area contributed by atoms with Crippen LogP contribution in [-0.4, -0.2) is 103 Å². The molecule has 1 aliphatic rings. The summed E-state index contributed by atoms with van der Waals surface area (Å²) < 4.78 is 34.8. The molecule has 2 aromatic heterocycles. The summed E-state index contributed by atoms with van der Waals surface area (Å²) in [7, 11) is 3.26. The Hall–Kier alpha value is -3.12. The third kappa shape index (κ3) is 8.12. The molecule has 5 rings (SSSR count). The fourth-order valence-corrected chi connectivity index (χ4v) is 5.43. The molecule has 1 aliphatic heterocycles. The summed E-state index contributed by atoms with van der Waals surface area (Å²) in [4.78, 5) is 14.0. The molecule has 236 valence electrons. The van der Waals surface area contributed by atoms with Gasteiger partial charge >= 0.3 is 0 Å². The first-order chi connectivity index (χ1) is 21.6. The zero-order chi connectivity index (χ0) is 30.7. The van der Waals surface area contributed by atoms with Gasteiger partial charge in [-0.3, -0.25) is 0 Å². The van der Waals surface area contributed by atoms with Crippen molar-refractivity contribution in [3.63, 3.8) is 0 Å². The van der Waals surface area contributed by atoms with Crippen LogP contribution in [0.1, 0.15) is 0 Å². The monoisotopic (exact) mass is 644 g/mol. The number of benzene rings is 2. The highest BCUT2D eigenvalue weighted by Gasteiger charge is 2.15. The number of rotatable bonds is 4. The third-order valence-electron chi connectivity index (χ3n) is 7.36. The van der Waals surface area contributed by atoms with Crippen molar-refractivity contribution in [3.05, 3.63) is 58.6 Å². The average Bonchev–Trinajstić information content (AvgIpc) is 3.05. The van der Waals surface area contributed by atoms with Gasteiger partial charge in [0, 0.05) is 37.0 Å². The summed E-state index contributed by atoms with van der Waals surface area (Å²) in [6, 6.07) is 15.2. The van der Waals surface area contributed by atoms with Gasteiger partial charge in [0.1, 0.15) is 34.2 Å². The van der Waals surface area contributed by atoms with E-state index in [-0.39, 0.29) is 0 Å². The number of fused-ring (bicyclic) bond motifs is 2. The summed E-state index contributed by atoms with van der Waals surface area (Å²) >= 11 is 12.8. The second-order valence-electron chi connectivity index (χ2n) is 10.1. The van der Waals surface area contributed by atoms with Crippen molar-refractivity contribution < 1.29 is 28.4 Å². The highest BCUT2D eigenvalue weighted by molar-refractivity contribution is 6.36. The van der Waals surface area contributed by atoms with Crippen LogP contribution in [0.2, 0.25) is 10.0 Å². The molecule has 0 atom stereocenters. The molecule has 10 nitrogen and oxygen atoms in total. The summed E-state index contributed by atoms with van der Waals surface area (Å²) in [5.74, 6) is 2.95. The highest BCUT2D eigenvalue weighted by atomic mass is 35.5. The van der Waals surface area contributed by atoms with Crippen molar-refractivity contribution in [2.75, 3.05) is 103 Å². The Balaban J connectivity index is 1.21. The second-order valence-corrected chi connectivity index (χ2v) is 10.9. The Bertz CT molecular complexity index is 1390. The molecule has 0 bridgehead atoms. The van der Waals surface area contributed by atoms with E-state index < -0.39 is 0 Å².